The molecule has 0 unspecified atom stereocenters. The number of benzene rings is 1. The van der Waals surface area contributed by atoms with Gasteiger partial charge in [-0.3, -0.25) is 14.2 Å². The molecule has 0 radical (unpaired) electrons. The van der Waals surface area contributed by atoms with Crippen LogP contribution in [0.5, 0.6) is 0 Å². The summed E-state index contributed by atoms with van der Waals surface area (Å²) in [5.74, 6) is 0.0103. The van der Waals surface area contributed by atoms with Gasteiger partial charge in [-0.15, -0.1) is 0 Å². The van der Waals surface area contributed by atoms with Crippen molar-refractivity contribution < 1.29 is 9.18 Å². The number of amides is 1. The molecule has 4 rings (SSSR count). The fraction of sp³-hybridized carbons (Fsp3) is 0.263. The third kappa shape index (κ3) is 3.26. The summed E-state index contributed by atoms with van der Waals surface area (Å²) in [6, 6.07) is 6.15. The minimum absolute atomic E-state index is 0.0936. The Kier molecular flexibility index (Phi) is 4.42. The Hall–Kier alpha value is -3.49. The van der Waals surface area contributed by atoms with Crippen molar-refractivity contribution in [2.75, 3.05) is 6.54 Å². The molecule has 0 saturated heterocycles. The van der Waals surface area contributed by atoms with Crippen molar-refractivity contribution in [3.8, 4) is 11.4 Å². The molecule has 1 amide bonds. The Bertz CT molecular complexity index is 1180. The zero-order valence-electron chi connectivity index (χ0n) is 15.2. The first-order chi connectivity index (χ1) is 13.4. The van der Waals surface area contributed by atoms with E-state index in [0.717, 1.165) is 16.0 Å². The van der Waals surface area contributed by atoms with E-state index in [-0.39, 0.29) is 23.7 Å². The molecule has 3 heterocycles. The number of rotatable bonds is 3. The lowest BCUT2D eigenvalue weighted by Crippen LogP contribution is -2.40. The summed E-state index contributed by atoms with van der Waals surface area (Å²) in [7, 11) is 1.36. The van der Waals surface area contributed by atoms with Crippen molar-refractivity contribution in [3.05, 3.63) is 74.1 Å². The predicted octanol–water partition coefficient (Wildman–Crippen LogP) is 0.730. The molecule has 0 bridgehead atoms. The van der Waals surface area contributed by atoms with Gasteiger partial charge in [0.25, 0.3) is 5.56 Å². The zero-order valence-corrected chi connectivity index (χ0v) is 15.2. The Morgan fingerprint density at radius 1 is 1.32 bits per heavy atom. The van der Waals surface area contributed by atoms with Crippen molar-refractivity contribution in [2.45, 2.75) is 19.4 Å². The molecular weight excluding hydrogens is 365 g/mol. The number of hydrogen-bond acceptors (Lipinski definition) is 4. The van der Waals surface area contributed by atoms with Crippen LogP contribution in [-0.4, -0.2) is 36.9 Å². The smallest absolute Gasteiger partial charge is 0.328 e. The number of aromatic amines is 2. The van der Waals surface area contributed by atoms with Gasteiger partial charge in [-0.05, 0) is 12.1 Å². The van der Waals surface area contributed by atoms with Crippen LogP contribution in [-0.2, 0) is 31.2 Å². The lowest BCUT2D eigenvalue weighted by molar-refractivity contribution is -0.131. The number of nitrogens with one attached hydrogen (secondary N) is 2. The molecule has 28 heavy (non-hydrogen) atoms. The molecule has 9 heteroatoms. The second-order valence-corrected chi connectivity index (χ2v) is 6.75. The largest absolute Gasteiger partial charge is 0.340 e. The third-order valence-corrected chi connectivity index (χ3v) is 4.88. The average molecular weight is 383 g/mol. The van der Waals surface area contributed by atoms with E-state index in [0.29, 0.717) is 30.9 Å². The standard InChI is InChI=1S/C19H18FN5O3/c1-24-18(27)12(9-21-19(24)28)8-16(26)25-6-5-14-15(10-25)23-17(22-14)11-3-2-4-13(20)7-11/h2-4,7,9H,5-6,8,10H2,1H3,(H,21,28)(H,22,23). The van der Waals surface area contributed by atoms with Gasteiger partial charge in [-0.2, -0.15) is 0 Å². The molecule has 1 aromatic carbocycles. The van der Waals surface area contributed by atoms with Crippen LogP contribution in [0.25, 0.3) is 11.4 Å². The zero-order chi connectivity index (χ0) is 19.8. The number of aromatic nitrogens is 4. The van der Waals surface area contributed by atoms with E-state index < -0.39 is 11.2 Å². The molecule has 2 N–H and O–H groups in total. The van der Waals surface area contributed by atoms with Gasteiger partial charge in [-0.1, -0.05) is 12.1 Å². The maximum atomic E-state index is 13.5. The van der Waals surface area contributed by atoms with E-state index in [1.54, 1.807) is 17.0 Å². The molecule has 1 aliphatic rings. The minimum atomic E-state index is -0.522. The third-order valence-electron chi connectivity index (χ3n) is 4.88. The van der Waals surface area contributed by atoms with Gasteiger partial charge in [0.1, 0.15) is 11.6 Å². The molecule has 0 aliphatic carbocycles. The highest BCUT2D eigenvalue weighted by Gasteiger charge is 2.25. The first-order valence-corrected chi connectivity index (χ1v) is 8.81. The molecule has 144 valence electrons. The normalized spacial score (nSPS) is 13.4. The Balaban J connectivity index is 1.52. The SMILES string of the molecule is Cn1c(=O)[nH]cc(CC(=O)N2CCc3nc(-c4cccc(F)c4)[nH]c3C2)c1=O. The highest BCUT2D eigenvalue weighted by atomic mass is 19.1. The Labute approximate surface area is 158 Å². The van der Waals surface area contributed by atoms with Crippen molar-refractivity contribution >= 4 is 5.91 Å². The van der Waals surface area contributed by atoms with E-state index in [4.69, 9.17) is 0 Å². The lowest BCUT2D eigenvalue weighted by atomic mass is 10.1. The van der Waals surface area contributed by atoms with Crippen molar-refractivity contribution in [2.24, 2.45) is 7.05 Å². The van der Waals surface area contributed by atoms with Crippen LogP contribution in [0.2, 0.25) is 0 Å². The van der Waals surface area contributed by atoms with Gasteiger partial charge in [0, 0.05) is 37.3 Å². The van der Waals surface area contributed by atoms with Crippen LogP contribution < -0.4 is 11.2 Å². The number of hydrogen-bond donors (Lipinski definition) is 2. The van der Waals surface area contributed by atoms with Gasteiger partial charge in [0.2, 0.25) is 5.91 Å². The lowest BCUT2D eigenvalue weighted by Gasteiger charge is -2.26. The van der Waals surface area contributed by atoms with Crippen LogP contribution in [0.4, 0.5) is 4.39 Å². The Morgan fingerprint density at radius 2 is 2.14 bits per heavy atom. The number of carbonyl (C=O) groups excluding carboxylic acids is 1. The second-order valence-electron chi connectivity index (χ2n) is 6.75. The summed E-state index contributed by atoms with van der Waals surface area (Å²) in [5, 5.41) is 0. The van der Waals surface area contributed by atoms with Crippen LogP contribution >= 0.6 is 0 Å². The first-order valence-electron chi connectivity index (χ1n) is 8.81. The molecule has 0 spiro atoms. The number of nitrogens with zero attached hydrogens (tertiary/aromatic N) is 3. The van der Waals surface area contributed by atoms with Crippen LogP contribution in [0.15, 0.2) is 40.1 Å². The highest BCUT2D eigenvalue weighted by molar-refractivity contribution is 5.78. The highest BCUT2D eigenvalue weighted by Crippen LogP contribution is 2.23. The fourth-order valence-electron chi connectivity index (χ4n) is 3.30. The molecule has 0 fully saturated rings. The van der Waals surface area contributed by atoms with Gasteiger partial charge < -0.3 is 14.9 Å². The topological polar surface area (TPSA) is 104 Å². The maximum Gasteiger partial charge on any atom is 0.328 e. The number of halogens is 1. The van der Waals surface area contributed by atoms with Gasteiger partial charge in [0.15, 0.2) is 0 Å². The summed E-state index contributed by atoms with van der Waals surface area (Å²) in [6.07, 6.45) is 1.76. The van der Waals surface area contributed by atoms with E-state index in [1.165, 1.54) is 25.4 Å². The number of fused-ring (bicyclic) bond motifs is 1. The van der Waals surface area contributed by atoms with Crippen molar-refractivity contribution in [1.29, 1.82) is 0 Å². The summed E-state index contributed by atoms with van der Waals surface area (Å²) < 4.78 is 14.4. The first kappa shape index (κ1) is 17.9. The fourth-order valence-corrected chi connectivity index (χ4v) is 3.30. The van der Waals surface area contributed by atoms with Crippen LogP contribution in [0, 0.1) is 5.82 Å². The van der Waals surface area contributed by atoms with Crippen molar-refractivity contribution in [3.63, 3.8) is 0 Å². The average Bonchev–Trinajstić information content (AvgIpc) is 3.12. The molecule has 3 aromatic rings. The summed E-state index contributed by atoms with van der Waals surface area (Å²) >= 11 is 0. The summed E-state index contributed by atoms with van der Waals surface area (Å²) in [6.45, 7) is 0.809. The van der Waals surface area contributed by atoms with E-state index in [9.17, 15) is 18.8 Å². The summed E-state index contributed by atoms with van der Waals surface area (Å²) in [5.41, 5.74) is 1.53. The van der Waals surface area contributed by atoms with Crippen LogP contribution in [0.3, 0.4) is 0 Å². The summed E-state index contributed by atoms with van der Waals surface area (Å²) in [4.78, 5) is 48.0. The minimum Gasteiger partial charge on any atom is -0.340 e. The molecule has 2 aromatic heterocycles. The number of H-pyrrole nitrogens is 2. The molecule has 8 nitrogen and oxygen atoms in total. The maximum absolute atomic E-state index is 13.5. The van der Waals surface area contributed by atoms with E-state index in [1.807, 2.05) is 0 Å². The molecule has 1 aliphatic heterocycles. The van der Waals surface area contributed by atoms with E-state index in [2.05, 4.69) is 15.0 Å². The quantitative estimate of drug-likeness (QED) is 0.696. The van der Waals surface area contributed by atoms with E-state index >= 15 is 0 Å². The Morgan fingerprint density at radius 3 is 2.93 bits per heavy atom. The predicted molar refractivity (Wildman–Crippen MR) is 99.1 cm³/mol. The number of imidazole rings is 1. The molecule has 0 atom stereocenters. The molecular formula is C19H18FN5O3. The monoisotopic (exact) mass is 383 g/mol. The van der Waals surface area contributed by atoms with Crippen molar-refractivity contribution in [1.82, 2.24) is 24.4 Å². The number of carbonyl (C=O) groups is 1. The molecule has 0 saturated carbocycles. The van der Waals surface area contributed by atoms with Gasteiger partial charge in [-0.25, -0.2) is 14.2 Å². The van der Waals surface area contributed by atoms with Crippen LogP contribution in [0.1, 0.15) is 17.0 Å². The van der Waals surface area contributed by atoms with Gasteiger partial charge >= 0.3 is 5.69 Å². The van der Waals surface area contributed by atoms with Gasteiger partial charge in [0.05, 0.1) is 24.4 Å². The second kappa shape index (κ2) is 6.91.